The molecule has 10 heteroatoms. The van der Waals surface area contributed by atoms with Crippen LogP contribution in [0.4, 0.5) is 16.8 Å². The minimum atomic E-state index is 0.496. The van der Waals surface area contributed by atoms with E-state index < -0.39 is 0 Å². The number of likely N-dealkylation sites (N-methyl/N-ethyl adjacent to an activating group) is 1. The molecule has 0 saturated heterocycles. The number of hydrogen-bond donors (Lipinski definition) is 2. The van der Waals surface area contributed by atoms with Crippen molar-refractivity contribution in [3.05, 3.63) is 54.2 Å². The molecule has 0 unspecified atom stereocenters. The molecule has 0 saturated carbocycles. The Morgan fingerprint density at radius 3 is 2.39 bits per heavy atom. The lowest BCUT2D eigenvalue weighted by Crippen LogP contribution is -2.19. The number of methoxy groups -OCH3 is 2. The highest BCUT2D eigenvalue weighted by Crippen LogP contribution is 2.40. The van der Waals surface area contributed by atoms with E-state index >= 15 is 0 Å². The van der Waals surface area contributed by atoms with E-state index in [1.54, 1.807) is 31.8 Å². The number of aryl methyl sites for hydroxylation is 1. The highest BCUT2D eigenvalue weighted by atomic mass is 32.1. The van der Waals surface area contributed by atoms with Crippen LogP contribution in [-0.4, -0.2) is 67.9 Å². The number of benzene rings is 2. The zero-order valence-electron chi connectivity index (χ0n) is 22.7. The Kier molecular flexibility index (Phi) is 8.98. The van der Waals surface area contributed by atoms with E-state index in [0.717, 1.165) is 57.0 Å². The van der Waals surface area contributed by atoms with Gasteiger partial charge in [-0.25, -0.2) is 15.0 Å². The van der Waals surface area contributed by atoms with Gasteiger partial charge in [-0.1, -0.05) is 11.3 Å². The first-order valence-corrected chi connectivity index (χ1v) is 13.2. The van der Waals surface area contributed by atoms with Gasteiger partial charge in [-0.2, -0.15) is 0 Å². The van der Waals surface area contributed by atoms with E-state index in [1.807, 2.05) is 70.4 Å². The van der Waals surface area contributed by atoms with Crippen LogP contribution in [0.25, 0.3) is 21.8 Å². The summed E-state index contributed by atoms with van der Waals surface area (Å²) in [4.78, 5) is 17.2. The largest absolute Gasteiger partial charge is 0.497 e. The van der Waals surface area contributed by atoms with E-state index in [4.69, 9.17) is 24.2 Å². The molecular weight excluding hydrogens is 500 g/mol. The second-order valence-electron chi connectivity index (χ2n) is 8.85. The van der Waals surface area contributed by atoms with Gasteiger partial charge in [0, 0.05) is 36.6 Å². The van der Waals surface area contributed by atoms with Crippen molar-refractivity contribution in [2.45, 2.75) is 13.8 Å². The molecule has 4 rings (SSSR count). The summed E-state index contributed by atoms with van der Waals surface area (Å²) < 4.78 is 16.9. The predicted octanol–water partition coefficient (Wildman–Crippen LogP) is 5.71. The predicted molar refractivity (Wildman–Crippen MR) is 154 cm³/mol. The highest BCUT2D eigenvalue weighted by molar-refractivity contribution is 7.19. The van der Waals surface area contributed by atoms with Crippen LogP contribution < -0.4 is 24.8 Å². The molecule has 200 valence electrons. The summed E-state index contributed by atoms with van der Waals surface area (Å²) >= 11 is 1.55. The molecule has 0 aliphatic heterocycles. The van der Waals surface area contributed by atoms with Crippen LogP contribution in [0.5, 0.6) is 17.2 Å². The maximum Gasteiger partial charge on any atom is 0.227 e. The van der Waals surface area contributed by atoms with Crippen molar-refractivity contribution in [2.24, 2.45) is 0 Å². The Hall–Kier alpha value is -3.89. The van der Waals surface area contributed by atoms with Crippen LogP contribution in [-0.2, 0) is 0 Å². The van der Waals surface area contributed by atoms with Crippen LogP contribution in [0.15, 0.2) is 48.7 Å². The Balaban J connectivity index is 1.63. The molecule has 4 aromatic rings. The summed E-state index contributed by atoms with van der Waals surface area (Å²) in [5.41, 5.74) is 4.36. The quantitative estimate of drug-likeness (QED) is 0.237. The number of rotatable bonds is 12. The molecular formula is C28H34N6O3S. The average Bonchev–Trinajstić information content (AvgIpc) is 3.34. The molecule has 2 aromatic carbocycles. The highest BCUT2D eigenvalue weighted by Gasteiger charge is 2.18. The van der Waals surface area contributed by atoms with Crippen molar-refractivity contribution in [1.82, 2.24) is 19.9 Å². The molecule has 0 radical (unpaired) electrons. The van der Waals surface area contributed by atoms with Gasteiger partial charge in [-0.15, -0.1) is 0 Å². The van der Waals surface area contributed by atoms with Crippen LogP contribution in [0.3, 0.4) is 0 Å². The Morgan fingerprint density at radius 1 is 0.974 bits per heavy atom. The number of nitrogens with one attached hydrogen (secondary N) is 2. The average molecular weight is 535 g/mol. The van der Waals surface area contributed by atoms with E-state index in [0.29, 0.717) is 24.1 Å². The first kappa shape index (κ1) is 27.2. The maximum absolute atomic E-state index is 5.91. The number of ether oxygens (including phenoxy) is 3. The monoisotopic (exact) mass is 534 g/mol. The van der Waals surface area contributed by atoms with Crippen molar-refractivity contribution < 1.29 is 14.2 Å². The third-order valence-corrected chi connectivity index (χ3v) is 6.73. The SMILES string of the molecule is CCNc1nc(-c2cc(OC)cc(OC)c2)c(-c2ccnc(Nc3ccc(OCCN(C)C)c(C)c3)n2)s1. The van der Waals surface area contributed by atoms with Gasteiger partial charge in [-0.05, 0) is 69.9 Å². The third kappa shape index (κ3) is 6.70. The maximum atomic E-state index is 5.91. The Morgan fingerprint density at radius 2 is 1.74 bits per heavy atom. The summed E-state index contributed by atoms with van der Waals surface area (Å²) in [7, 11) is 7.33. The molecule has 0 aliphatic rings. The number of aromatic nitrogens is 3. The lowest BCUT2D eigenvalue weighted by Gasteiger charge is -2.14. The number of nitrogens with zero attached hydrogens (tertiary/aromatic N) is 4. The summed E-state index contributed by atoms with van der Waals surface area (Å²) in [5, 5.41) is 7.46. The molecule has 0 spiro atoms. The minimum Gasteiger partial charge on any atom is -0.497 e. The van der Waals surface area contributed by atoms with Crippen molar-refractivity contribution >= 4 is 28.1 Å². The fourth-order valence-corrected chi connectivity index (χ4v) is 4.79. The van der Waals surface area contributed by atoms with Crippen LogP contribution in [0.1, 0.15) is 12.5 Å². The van der Waals surface area contributed by atoms with Gasteiger partial charge < -0.3 is 29.7 Å². The van der Waals surface area contributed by atoms with Crippen molar-refractivity contribution in [3.8, 4) is 39.1 Å². The van der Waals surface area contributed by atoms with E-state index in [2.05, 4.69) is 20.5 Å². The zero-order chi connectivity index (χ0) is 27.1. The zero-order valence-corrected chi connectivity index (χ0v) is 23.5. The van der Waals surface area contributed by atoms with Gasteiger partial charge in [0.2, 0.25) is 5.95 Å². The lowest BCUT2D eigenvalue weighted by atomic mass is 10.1. The molecule has 2 heterocycles. The summed E-state index contributed by atoms with van der Waals surface area (Å²) in [6, 6.07) is 13.6. The topological polar surface area (TPSA) is 93.7 Å². The van der Waals surface area contributed by atoms with Gasteiger partial charge in [0.15, 0.2) is 5.13 Å². The summed E-state index contributed by atoms with van der Waals surface area (Å²) in [5.74, 6) is 2.75. The fraction of sp³-hybridized carbons (Fsp3) is 0.321. The van der Waals surface area contributed by atoms with Crippen LogP contribution in [0.2, 0.25) is 0 Å². The number of hydrogen-bond acceptors (Lipinski definition) is 10. The smallest absolute Gasteiger partial charge is 0.227 e. The Bertz CT molecular complexity index is 1350. The van der Waals surface area contributed by atoms with Gasteiger partial charge >= 0.3 is 0 Å². The molecule has 0 fully saturated rings. The van der Waals surface area contributed by atoms with Crippen molar-refractivity contribution in [3.63, 3.8) is 0 Å². The minimum absolute atomic E-state index is 0.496. The molecule has 2 N–H and O–H groups in total. The molecule has 0 bridgehead atoms. The van der Waals surface area contributed by atoms with Crippen LogP contribution >= 0.6 is 11.3 Å². The van der Waals surface area contributed by atoms with Gasteiger partial charge in [0.05, 0.1) is 30.5 Å². The van der Waals surface area contributed by atoms with Crippen LogP contribution in [0, 0.1) is 6.92 Å². The van der Waals surface area contributed by atoms with Gasteiger partial charge in [-0.3, -0.25) is 0 Å². The first-order valence-electron chi connectivity index (χ1n) is 12.4. The molecule has 38 heavy (non-hydrogen) atoms. The number of thiazole rings is 1. The second kappa shape index (κ2) is 12.6. The first-order chi connectivity index (χ1) is 18.4. The summed E-state index contributed by atoms with van der Waals surface area (Å²) in [6.07, 6.45) is 1.75. The van der Waals surface area contributed by atoms with Crippen molar-refractivity contribution in [1.29, 1.82) is 0 Å². The van der Waals surface area contributed by atoms with E-state index in [1.165, 1.54) is 0 Å². The Labute approximate surface area is 227 Å². The van der Waals surface area contributed by atoms with E-state index in [9.17, 15) is 0 Å². The second-order valence-corrected chi connectivity index (χ2v) is 9.85. The fourth-order valence-electron chi connectivity index (χ4n) is 3.76. The molecule has 2 aromatic heterocycles. The van der Waals surface area contributed by atoms with E-state index in [-0.39, 0.29) is 0 Å². The molecule has 0 amide bonds. The van der Waals surface area contributed by atoms with Crippen molar-refractivity contribution in [2.75, 3.05) is 58.6 Å². The lowest BCUT2D eigenvalue weighted by molar-refractivity contribution is 0.260. The molecule has 0 atom stereocenters. The molecule has 9 nitrogen and oxygen atoms in total. The van der Waals surface area contributed by atoms with Gasteiger partial charge in [0.1, 0.15) is 23.9 Å². The molecule has 0 aliphatic carbocycles. The third-order valence-electron chi connectivity index (χ3n) is 5.70. The number of anilines is 3. The normalized spacial score (nSPS) is 10.9. The standard InChI is InChI=1S/C28H34N6O3S/c1-7-29-28-33-25(19-15-21(35-5)17-22(16-19)36-6)26(38-28)23-10-11-30-27(32-23)31-20-8-9-24(18(2)14-20)37-13-12-34(3)4/h8-11,14-17H,7,12-13H2,1-6H3,(H,29,33)(H,30,31,32). The summed E-state index contributed by atoms with van der Waals surface area (Å²) in [6.45, 7) is 6.33. The van der Waals surface area contributed by atoms with Gasteiger partial charge in [0.25, 0.3) is 0 Å².